The fraction of sp³-hybridized carbons (Fsp3) is 0.143. The summed E-state index contributed by atoms with van der Waals surface area (Å²) in [6, 6.07) is 3.92. The molecule has 1 aliphatic rings. The maximum absolute atomic E-state index is 11.5. The van der Waals surface area contributed by atoms with E-state index < -0.39 is 0 Å². The Bertz CT molecular complexity index is 678. The van der Waals surface area contributed by atoms with Crippen LogP contribution >= 0.6 is 23.2 Å². The van der Waals surface area contributed by atoms with E-state index in [0.717, 1.165) is 27.9 Å². The highest BCUT2D eigenvalue weighted by Gasteiger charge is 2.21. The molecule has 5 heteroatoms. The number of hydrogen-bond donors (Lipinski definition) is 1. The third kappa shape index (κ3) is 2.09. The van der Waals surface area contributed by atoms with Gasteiger partial charge in [-0.25, -0.2) is 0 Å². The molecule has 0 saturated heterocycles. The number of aryl methyl sites for hydroxylation is 1. The van der Waals surface area contributed by atoms with Crippen LogP contribution in [0.25, 0.3) is 11.1 Å². The molecule has 0 atom stereocenters. The lowest BCUT2D eigenvalue weighted by Gasteiger charge is -2.11. The number of fused-ring (bicyclic) bond motifs is 1. The molecule has 0 unspecified atom stereocenters. The van der Waals surface area contributed by atoms with E-state index in [1.54, 1.807) is 12.4 Å². The molecule has 0 aliphatic carbocycles. The number of pyridine rings is 1. The van der Waals surface area contributed by atoms with Gasteiger partial charge in [-0.3, -0.25) is 9.78 Å². The standard InChI is InChI=1S/C14H10Cl2N2O/c1-7-2-8(3-9-4-12(19)18-14(7)9)13-10(15)5-17-6-11(13)16/h2-3,5-6H,4H2,1H3,(H,18,19). The number of nitrogens with zero attached hydrogens (tertiary/aromatic N) is 1. The zero-order valence-corrected chi connectivity index (χ0v) is 11.6. The van der Waals surface area contributed by atoms with Gasteiger partial charge in [0.1, 0.15) is 0 Å². The number of anilines is 1. The Labute approximate surface area is 120 Å². The highest BCUT2D eigenvalue weighted by atomic mass is 35.5. The van der Waals surface area contributed by atoms with Crippen molar-refractivity contribution in [1.29, 1.82) is 0 Å². The molecule has 0 saturated carbocycles. The van der Waals surface area contributed by atoms with Crippen LogP contribution in [-0.4, -0.2) is 10.9 Å². The molecule has 1 aliphatic heterocycles. The van der Waals surface area contributed by atoms with E-state index in [2.05, 4.69) is 10.3 Å². The zero-order valence-electron chi connectivity index (χ0n) is 10.1. The molecule has 2 aromatic rings. The van der Waals surface area contributed by atoms with Crippen molar-refractivity contribution < 1.29 is 4.79 Å². The molecule has 2 heterocycles. The van der Waals surface area contributed by atoms with Crippen molar-refractivity contribution in [2.24, 2.45) is 0 Å². The Balaban J connectivity index is 2.21. The summed E-state index contributed by atoms with van der Waals surface area (Å²) < 4.78 is 0. The van der Waals surface area contributed by atoms with E-state index in [1.165, 1.54) is 0 Å². The number of amides is 1. The Hall–Kier alpha value is -1.58. The first-order chi connectivity index (χ1) is 9.06. The summed E-state index contributed by atoms with van der Waals surface area (Å²) in [5, 5.41) is 3.86. The molecule has 3 rings (SSSR count). The quantitative estimate of drug-likeness (QED) is 0.867. The van der Waals surface area contributed by atoms with Gasteiger partial charge in [0.2, 0.25) is 5.91 Å². The first-order valence-corrected chi connectivity index (χ1v) is 6.54. The second-order valence-electron chi connectivity index (χ2n) is 4.53. The van der Waals surface area contributed by atoms with E-state index >= 15 is 0 Å². The summed E-state index contributed by atoms with van der Waals surface area (Å²) in [4.78, 5) is 15.4. The average molecular weight is 293 g/mol. The van der Waals surface area contributed by atoms with Gasteiger partial charge in [-0.2, -0.15) is 0 Å². The molecule has 3 nitrogen and oxygen atoms in total. The summed E-state index contributed by atoms with van der Waals surface area (Å²) >= 11 is 12.3. The van der Waals surface area contributed by atoms with Crippen molar-refractivity contribution in [3.8, 4) is 11.1 Å². The summed E-state index contributed by atoms with van der Waals surface area (Å²) in [5.74, 6) is 0.0159. The van der Waals surface area contributed by atoms with Crippen LogP contribution in [0.1, 0.15) is 11.1 Å². The summed E-state index contributed by atoms with van der Waals surface area (Å²) in [5.41, 5.74) is 4.54. The molecule has 1 N–H and O–H groups in total. The number of carbonyl (C=O) groups excluding carboxylic acids is 1. The summed E-state index contributed by atoms with van der Waals surface area (Å²) in [7, 11) is 0. The van der Waals surface area contributed by atoms with Gasteiger partial charge in [0.15, 0.2) is 0 Å². The van der Waals surface area contributed by atoms with Gasteiger partial charge >= 0.3 is 0 Å². The number of hydrogen-bond acceptors (Lipinski definition) is 2. The van der Waals surface area contributed by atoms with Gasteiger partial charge in [-0.15, -0.1) is 0 Å². The monoisotopic (exact) mass is 292 g/mol. The highest BCUT2D eigenvalue weighted by Crippen LogP contribution is 2.38. The van der Waals surface area contributed by atoms with Crippen LogP contribution < -0.4 is 5.32 Å². The lowest BCUT2D eigenvalue weighted by molar-refractivity contribution is -0.115. The molecule has 1 aromatic carbocycles. The number of rotatable bonds is 1. The smallest absolute Gasteiger partial charge is 0.228 e. The SMILES string of the molecule is Cc1cc(-c2c(Cl)cncc2Cl)cc2c1NC(=O)C2. The second-order valence-corrected chi connectivity index (χ2v) is 5.34. The Morgan fingerprint density at radius 2 is 1.89 bits per heavy atom. The van der Waals surface area contributed by atoms with Gasteiger partial charge in [-0.1, -0.05) is 23.2 Å². The number of nitrogens with one attached hydrogen (secondary N) is 1. The maximum atomic E-state index is 11.5. The number of carbonyl (C=O) groups is 1. The van der Waals surface area contributed by atoms with Crippen molar-refractivity contribution >= 4 is 34.8 Å². The van der Waals surface area contributed by atoms with Crippen LogP contribution in [-0.2, 0) is 11.2 Å². The van der Waals surface area contributed by atoms with Crippen molar-refractivity contribution in [2.75, 3.05) is 5.32 Å². The van der Waals surface area contributed by atoms with E-state index in [0.29, 0.717) is 16.5 Å². The minimum Gasteiger partial charge on any atom is -0.325 e. The van der Waals surface area contributed by atoms with Gasteiger partial charge in [-0.05, 0) is 35.7 Å². The molecule has 0 bridgehead atoms. The third-order valence-corrected chi connectivity index (χ3v) is 3.75. The van der Waals surface area contributed by atoms with Crippen LogP contribution in [0.2, 0.25) is 10.0 Å². The summed E-state index contributed by atoms with van der Waals surface area (Å²) in [6.45, 7) is 1.96. The van der Waals surface area contributed by atoms with Gasteiger partial charge in [0.25, 0.3) is 0 Å². The van der Waals surface area contributed by atoms with Gasteiger partial charge in [0, 0.05) is 23.6 Å². The average Bonchev–Trinajstić information content (AvgIpc) is 2.70. The Morgan fingerprint density at radius 3 is 2.58 bits per heavy atom. The molecule has 1 amide bonds. The molecule has 0 radical (unpaired) electrons. The number of halogens is 2. The lowest BCUT2D eigenvalue weighted by atomic mass is 9.99. The molecule has 96 valence electrons. The molecular formula is C14H10Cl2N2O. The maximum Gasteiger partial charge on any atom is 0.228 e. The molecule has 0 spiro atoms. The normalized spacial score (nSPS) is 13.3. The van der Waals surface area contributed by atoms with Gasteiger partial charge < -0.3 is 5.32 Å². The van der Waals surface area contributed by atoms with E-state index in [-0.39, 0.29) is 5.91 Å². The number of benzene rings is 1. The van der Waals surface area contributed by atoms with Crippen molar-refractivity contribution in [1.82, 2.24) is 4.98 Å². The first-order valence-electron chi connectivity index (χ1n) is 5.79. The predicted octanol–water partition coefficient (Wildman–Crippen LogP) is 3.86. The Kier molecular flexibility index (Phi) is 2.96. The topological polar surface area (TPSA) is 42.0 Å². The van der Waals surface area contributed by atoms with Crippen molar-refractivity contribution in [3.05, 3.63) is 45.7 Å². The molecule has 1 aromatic heterocycles. The second kappa shape index (κ2) is 4.51. The lowest BCUT2D eigenvalue weighted by Crippen LogP contribution is -2.04. The van der Waals surface area contributed by atoms with Gasteiger partial charge in [0.05, 0.1) is 16.5 Å². The van der Waals surface area contributed by atoms with Crippen molar-refractivity contribution in [2.45, 2.75) is 13.3 Å². The van der Waals surface area contributed by atoms with Crippen LogP contribution in [0.15, 0.2) is 24.5 Å². The van der Waals surface area contributed by atoms with Crippen LogP contribution in [0, 0.1) is 6.92 Å². The molecule has 0 fully saturated rings. The largest absolute Gasteiger partial charge is 0.325 e. The Morgan fingerprint density at radius 1 is 1.21 bits per heavy atom. The highest BCUT2D eigenvalue weighted by molar-refractivity contribution is 6.39. The fourth-order valence-corrected chi connectivity index (χ4v) is 2.95. The number of aromatic nitrogens is 1. The van der Waals surface area contributed by atoms with Crippen LogP contribution in [0.5, 0.6) is 0 Å². The summed E-state index contributed by atoms with van der Waals surface area (Å²) in [6.07, 6.45) is 3.52. The van der Waals surface area contributed by atoms with E-state index in [4.69, 9.17) is 23.2 Å². The van der Waals surface area contributed by atoms with Crippen LogP contribution in [0.3, 0.4) is 0 Å². The van der Waals surface area contributed by atoms with Crippen molar-refractivity contribution in [3.63, 3.8) is 0 Å². The minimum absolute atomic E-state index is 0.0159. The molecular weight excluding hydrogens is 283 g/mol. The first kappa shape index (κ1) is 12.5. The minimum atomic E-state index is 0.0159. The molecule has 19 heavy (non-hydrogen) atoms. The van der Waals surface area contributed by atoms with E-state index in [9.17, 15) is 4.79 Å². The van der Waals surface area contributed by atoms with Crippen LogP contribution in [0.4, 0.5) is 5.69 Å². The third-order valence-electron chi connectivity index (χ3n) is 3.17. The fourth-order valence-electron chi connectivity index (χ4n) is 2.37. The zero-order chi connectivity index (χ0) is 13.6. The predicted molar refractivity (Wildman–Crippen MR) is 76.8 cm³/mol. The van der Waals surface area contributed by atoms with E-state index in [1.807, 2.05) is 19.1 Å².